The highest BCUT2D eigenvalue weighted by molar-refractivity contribution is 5.52. The smallest absolute Gasteiger partial charge is 0.299 e. The summed E-state index contributed by atoms with van der Waals surface area (Å²) in [5, 5.41) is 3.15. The summed E-state index contributed by atoms with van der Waals surface area (Å²) in [5.41, 5.74) is 8.71. The molecule has 0 aliphatic rings. The Morgan fingerprint density at radius 1 is 1.21 bits per heavy atom. The monoisotopic (exact) mass is 259 g/mol. The summed E-state index contributed by atoms with van der Waals surface area (Å²) in [7, 11) is 0. The number of rotatable bonds is 7. The molecule has 3 N–H and O–H groups in total. The number of benzene rings is 1. The van der Waals surface area contributed by atoms with Gasteiger partial charge in [-0.3, -0.25) is 0 Å². The van der Waals surface area contributed by atoms with Crippen molar-refractivity contribution in [1.29, 1.82) is 0 Å². The molecule has 0 atom stereocenters. The molecule has 0 fully saturated rings. The lowest BCUT2D eigenvalue weighted by Crippen LogP contribution is -2.02. The maximum absolute atomic E-state index is 5.48. The van der Waals surface area contributed by atoms with E-state index in [4.69, 9.17) is 10.2 Å². The molecule has 0 bridgehead atoms. The first kappa shape index (κ1) is 13.6. The van der Waals surface area contributed by atoms with Gasteiger partial charge in [0.2, 0.25) is 0 Å². The lowest BCUT2D eigenvalue weighted by molar-refractivity contribution is 0.575. The summed E-state index contributed by atoms with van der Waals surface area (Å²) in [6.07, 6.45) is 5.97. The Kier molecular flexibility index (Phi) is 4.98. The molecule has 2 rings (SSSR count). The molecule has 0 aliphatic carbocycles. The number of aromatic nitrogens is 1. The standard InChI is InChI=1S/C15H21N3O/c1-2-3-4-12-5-7-13(8-6-12)17-15-18-14(9-10-16)11-19-15/h5-8,11H,2-4,9-10,16H2,1H3,(H,17,18). The molecule has 19 heavy (non-hydrogen) atoms. The second-order valence-electron chi connectivity index (χ2n) is 4.61. The Hall–Kier alpha value is -1.81. The van der Waals surface area contributed by atoms with Gasteiger partial charge in [0, 0.05) is 12.1 Å². The van der Waals surface area contributed by atoms with Gasteiger partial charge in [0.25, 0.3) is 6.01 Å². The molecule has 1 heterocycles. The summed E-state index contributed by atoms with van der Waals surface area (Å²) < 4.78 is 5.34. The molecular weight excluding hydrogens is 238 g/mol. The third-order valence-corrected chi connectivity index (χ3v) is 2.98. The van der Waals surface area contributed by atoms with Crippen molar-refractivity contribution in [3.63, 3.8) is 0 Å². The Morgan fingerprint density at radius 2 is 2.00 bits per heavy atom. The SMILES string of the molecule is CCCCc1ccc(Nc2nc(CCN)co2)cc1. The van der Waals surface area contributed by atoms with E-state index in [9.17, 15) is 0 Å². The average molecular weight is 259 g/mol. The van der Waals surface area contributed by atoms with E-state index in [1.165, 1.54) is 18.4 Å². The van der Waals surface area contributed by atoms with Crippen LogP contribution in [-0.4, -0.2) is 11.5 Å². The number of aryl methyl sites for hydroxylation is 1. The van der Waals surface area contributed by atoms with Crippen molar-refractivity contribution in [1.82, 2.24) is 4.98 Å². The summed E-state index contributed by atoms with van der Waals surface area (Å²) in [6, 6.07) is 8.91. The largest absolute Gasteiger partial charge is 0.432 e. The van der Waals surface area contributed by atoms with Gasteiger partial charge in [-0.05, 0) is 37.1 Å². The normalized spacial score (nSPS) is 10.6. The van der Waals surface area contributed by atoms with Crippen molar-refractivity contribution in [2.45, 2.75) is 32.6 Å². The van der Waals surface area contributed by atoms with Crippen LogP contribution in [0.2, 0.25) is 0 Å². The van der Waals surface area contributed by atoms with Gasteiger partial charge in [-0.2, -0.15) is 4.98 Å². The predicted molar refractivity (Wildman–Crippen MR) is 77.6 cm³/mol. The molecule has 4 nitrogen and oxygen atoms in total. The zero-order valence-electron chi connectivity index (χ0n) is 11.4. The number of nitrogens with one attached hydrogen (secondary N) is 1. The fourth-order valence-corrected chi connectivity index (χ4v) is 1.89. The highest BCUT2D eigenvalue weighted by Gasteiger charge is 2.03. The number of nitrogens with zero attached hydrogens (tertiary/aromatic N) is 1. The number of hydrogen-bond acceptors (Lipinski definition) is 4. The van der Waals surface area contributed by atoms with Gasteiger partial charge in [-0.15, -0.1) is 0 Å². The van der Waals surface area contributed by atoms with Crippen molar-refractivity contribution in [3.8, 4) is 0 Å². The first-order chi connectivity index (χ1) is 9.31. The van der Waals surface area contributed by atoms with E-state index in [1.54, 1.807) is 6.26 Å². The first-order valence-electron chi connectivity index (χ1n) is 6.82. The van der Waals surface area contributed by atoms with Gasteiger partial charge in [0.1, 0.15) is 6.26 Å². The van der Waals surface area contributed by atoms with Crippen LogP contribution in [0.1, 0.15) is 31.0 Å². The van der Waals surface area contributed by atoms with Crippen molar-refractivity contribution < 1.29 is 4.42 Å². The number of nitrogens with two attached hydrogens (primary N) is 1. The summed E-state index contributed by atoms with van der Waals surface area (Å²) in [4.78, 5) is 4.31. The van der Waals surface area contributed by atoms with Gasteiger partial charge in [-0.25, -0.2) is 0 Å². The van der Waals surface area contributed by atoms with E-state index < -0.39 is 0 Å². The lowest BCUT2D eigenvalue weighted by Gasteiger charge is -2.03. The Labute approximate surface area is 114 Å². The second kappa shape index (κ2) is 6.95. The quantitative estimate of drug-likeness (QED) is 0.801. The number of anilines is 2. The Morgan fingerprint density at radius 3 is 2.68 bits per heavy atom. The molecule has 0 saturated carbocycles. The maximum Gasteiger partial charge on any atom is 0.299 e. The minimum Gasteiger partial charge on any atom is -0.432 e. The van der Waals surface area contributed by atoms with Crippen LogP contribution in [0.25, 0.3) is 0 Å². The third-order valence-electron chi connectivity index (χ3n) is 2.98. The Balaban J connectivity index is 1.94. The van der Waals surface area contributed by atoms with Gasteiger partial charge in [-0.1, -0.05) is 25.5 Å². The van der Waals surface area contributed by atoms with Gasteiger partial charge in [0.15, 0.2) is 0 Å². The van der Waals surface area contributed by atoms with Crippen molar-refractivity contribution in [2.24, 2.45) is 5.73 Å². The van der Waals surface area contributed by atoms with Crippen LogP contribution in [0, 0.1) is 0 Å². The summed E-state index contributed by atoms with van der Waals surface area (Å²) >= 11 is 0. The molecule has 102 valence electrons. The molecular formula is C15H21N3O. The van der Waals surface area contributed by atoms with Crippen LogP contribution in [0.15, 0.2) is 34.9 Å². The molecule has 2 aromatic rings. The molecule has 0 saturated heterocycles. The fraction of sp³-hybridized carbons (Fsp3) is 0.400. The summed E-state index contributed by atoms with van der Waals surface area (Å²) in [6.45, 7) is 2.79. The van der Waals surface area contributed by atoms with E-state index in [2.05, 4.69) is 41.5 Å². The molecule has 0 unspecified atom stereocenters. The van der Waals surface area contributed by atoms with E-state index in [0.29, 0.717) is 12.6 Å². The molecule has 4 heteroatoms. The van der Waals surface area contributed by atoms with Crippen molar-refractivity contribution >= 4 is 11.7 Å². The van der Waals surface area contributed by atoms with E-state index in [0.717, 1.165) is 24.2 Å². The number of oxazole rings is 1. The third kappa shape index (κ3) is 4.10. The van der Waals surface area contributed by atoms with Crippen LogP contribution in [0.5, 0.6) is 0 Å². The first-order valence-corrected chi connectivity index (χ1v) is 6.82. The fourth-order valence-electron chi connectivity index (χ4n) is 1.89. The second-order valence-corrected chi connectivity index (χ2v) is 4.61. The van der Waals surface area contributed by atoms with Crippen LogP contribution in [0.4, 0.5) is 11.7 Å². The molecule has 1 aromatic carbocycles. The zero-order chi connectivity index (χ0) is 13.5. The van der Waals surface area contributed by atoms with E-state index in [-0.39, 0.29) is 0 Å². The topological polar surface area (TPSA) is 64.1 Å². The zero-order valence-corrected chi connectivity index (χ0v) is 11.4. The van der Waals surface area contributed by atoms with Crippen molar-refractivity contribution in [3.05, 3.63) is 41.8 Å². The van der Waals surface area contributed by atoms with Crippen LogP contribution in [-0.2, 0) is 12.8 Å². The molecule has 0 radical (unpaired) electrons. The maximum atomic E-state index is 5.48. The summed E-state index contributed by atoms with van der Waals surface area (Å²) in [5.74, 6) is 0. The highest BCUT2D eigenvalue weighted by Crippen LogP contribution is 2.17. The van der Waals surface area contributed by atoms with E-state index >= 15 is 0 Å². The number of unbranched alkanes of at least 4 members (excludes halogenated alkanes) is 1. The Bertz CT molecular complexity index is 490. The molecule has 0 aliphatic heterocycles. The molecule has 0 amide bonds. The van der Waals surface area contributed by atoms with Gasteiger partial charge >= 0.3 is 0 Å². The minimum absolute atomic E-state index is 0.518. The average Bonchev–Trinajstić information content (AvgIpc) is 2.86. The number of hydrogen-bond donors (Lipinski definition) is 2. The van der Waals surface area contributed by atoms with Gasteiger partial charge < -0.3 is 15.5 Å². The van der Waals surface area contributed by atoms with Crippen molar-refractivity contribution in [2.75, 3.05) is 11.9 Å². The van der Waals surface area contributed by atoms with Crippen LogP contribution < -0.4 is 11.1 Å². The lowest BCUT2D eigenvalue weighted by atomic mass is 10.1. The molecule has 1 aromatic heterocycles. The van der Waals surface area contributed by atoms with Gasteiger partial charge in [0.05, 0.1) is 5.69 Å². The van der Waals surface area contributed by atoms with Crippen LogP contribution in [0.3, 0.4) is 0 Å². The predicted octanol–water partition coefficient (Wildman–Crippen LogP) is 3.26. The van der Waals surface area contributed by atoms with E-state index in [1.807, 2.05) is 0 Å². The highest BCUT2D eigenvalue weighted by atomic mass is 16.4. The van der Waals surface area contributed by atoms with Crippen LogP contribution >= 0.6 is 0 Å². The molecule has 0 spiro atoms. The minimum atomic E-state index is 0.518.